The van der Waals surface area contributed by atoms with Crippen LogP contribution in [0.25, 0.3) is 28.2 Å². The van der Waals surface area contributed by atoms with Crippen molar-refractivity contribution in [1.29, 1.82) is 0 Å². The lowest BCUT2D eigenvalue weighted by Gasteiger charge is -2.33. The molecule has 1 saturated heterocycles. The van der Waals surface area contributed by atoms with E-state index in [0.717, 1.165) is 16.5 Å². The lowest BCUT2D eigenvalue weighted by atomic mass is 9.87. The largest absolute Gasteiger partial charge is 0.457 e. The summed E-state index contributed by atoms with van der Waals surface area (Å²) in [4.78, 5) is 44.8. The van der Waals surface area contributed by atoms with Gasteiger partial charge in [0.05, 0.1) is 26.8 Å². The molecule has 1 aliphatic rings. The molecule has 0 spiro atoms. The Morgan fingerprint density at radius 3 is 2.17 bits per heavy atom. The Bertz CT molecular complexity index is 1850. The molecule has 0 bridgehead atoms. The van der Waals surface area contributed by atoms with E-state index in [1.807, 2.05) is 72.0 Å². The quantitative estimate of drug-likeness (QED) is 0.165. The molecule has 1 aliphatic heterocycles. The smallest absolute Gasteiger partial charge is 0.410 e. The Morgan fingerprint density at radius 2 is 1.55 bits per heavy atom. The molecule has 47 heavy (non-hydrogen) atoms. The molecular weight excluding hydrogens is 661 g/mol. The van der Waals surface area contributed by atoms with Crippen molar-refractivity contribution in [2.75, 3.05) is 13.1 Å². The fourth-order valence-electron chi connectivity index (χ4n) is 5.80. The number of likely N-dealkylation sites (tertiary alicyclic amines) is 1. The van der Waals surface area contributed by atoms with Crippen LogP contribution in [0.15, 0.2) is 54.9 Å². The maximum atomic E-state index is 14.6. The Balaban J connectivity index is 1.54. The van der Waals surface area contributed by atoms with Crippen LogP contribution in [0.2, 0.25) is 15.1 Å². The van der Waals surface area contributed by atoms with Crippen molar-refractivity contribution in [1.82, 2.24) is 14.5 Å². The molecule has 0 radical (unpaired) electrons. The van der Waals surface area contributed by atoms with Crippen molar-refractivity contribution in [2.45, 2.75) is 71.5 Å². The van der Waals surface area contributed by atoms with Crippen molar-refractivity contribution < 1.29 is 23.9 Å². The van der Waals surface area contributed by atoms with Gasteiger partial charge >= 0.3 is 12.1 Å². The van der Waals surface area contributed by atoms with Crippen LogP contribution in [0.4, 0.5) is 4.79 Å². The van der Waals surface area contributed by atoms with Gasteiger partial charge < -0.3 is 19.4 Å². The summed E-state index contributed by atoms with van der Waals surface area (Å²) in [6.07, 6.45) is 7.53. The molecule has 0 unspecified atom stereocenters. The molecular formula is C36H38Cl3N3O5. The molecule has 0 aliphatic carbocycles. The molecule has 2 aromatic carbocycles. The van der Waals surface area contributed by atoms with E-state index in [9.17, 15) is 14.4 Å². The van der Waals surface area contributed by atoms with Gasteiger partial charge in [-0.05, 0) is 102 Å². The standard InChI is InChI=1S/C36H38Cl3N3O5/c1-35(2,3)46-29(43)11-10-21-8-7-9-28-24(21)14-17-42(28)33(44)30-25(20-40-32(30)31-26(38)18-23(37)19-27(31)39)22-12-15-41(16-13-22)34(45)47-36(4,5)6/h7-11,14,17-20,22,40H,12-13,15-16H2,1-6H3/b11-10+. The zero-order valence-electron chi connectivity index (χ0n) is 27.2. The van der Waals surface area contributed by atoms with Crippen molar-refractivity contribution >= 4 is 69.8 Å². The van der Waals surface area contributed by atoms with Crippen LogP contribution in [0.3, 0.4) is 0 Å². The minimum Gasteiger partial charge on any atom is -0.457 e. The molecule has 1 amide bonds. The normalized spacial score (nSPS) is 14.6. The van der Waals surface area contributed by atoms with Gasteiger partial charge in [-0.15, -0.1) is 0 Å². The van der Waals surface area contributed by atoms with Gasteiger partial charge in [-0.3, -0.25) is 9.36 Å². The predicted octanol–water partition coefficient (Wildman–Crippen LogP) is 9.75. The van der Waals surface area contributed by atoms with Crippen molar-refractivity contribution in [2.24, 2.45) is 0 Å². The molecule has 248 valence electrons. The average Bonchev–Trinajstić information content (AvgIpc) is 3.59. The van der Waals surface area contributed by atoms with Crippen LogP contribution in [-0.4, -0.2) is 56.7 Å². The third-order valence-electron chi connectivity index (χ3n) is 7.76. The van der Waals surface area contributed by atoms with Crippen LogP contribution >= 0.6 is 34.8 Å². The van der Waals surface area contributed by atoms with Gasteiger partial charge in [0.25, 0.3) is 5.91 Å². The second-order valence-electron chi connectivity index (χ2n) is 13.6. The Kier molecular flexibility index (Phi) is 9.88. The first-order valence-electron chi connectivity index (χ1n) is 15.4. The maximum Gasteiger partial charge on any atom is 0.410 e. The second kappa shape index (κ2) is 13.4. The molecule has 4 aromatic rings. The molecule has 3 heterocycles. The van der Waals surface area contributed by atoms with Crippen LogP contribution in [0.1, 0.15) is 81.8 Å². The SMILES string of the molecule is CC(C)(C)OC(=O)/C=C/c1cccc2c1ccn2C(=O)c1c(C2CCN(C(=O)OC(C)(C)C)CC2)c[nH]c1-c1c(Cl)cc(Cl)cc1Cl. The zero-order chi connectivity index (χ0) is 34.3. The monoisotopic (exact) mass is 697 g/mol. The highest BCUT2D eigenvalue weighted by Crippen LogP contribution is 2.42. The molecule has 0 saturated carbocycles. The van der Waals surface area contributed by atoms with Crippen LogP contribution < -0.4 is 0 Å². The number of rotatable bonds is 5. The molecule has 2 aromatic heterocycles. The third-order valence-corrected chi connectivity index (χ3v) is 8.57. The van der Waals surface area contributed by atoms with Crippen LogP contribution in [0.5, 0.6) is 0 Å². The number of piperidine rings is 1. The minimum atomic E-state index is -0.614. The number of halogens is 3. The fourth-order valence-corrected chi connectivity index (χ4v) is 6.80. The van der Waals surface area contributed by atoms with E-state index in [1.54, 1.807) is 33.9 Å². The van der Waals surface area contributed by atoms with Gasteiger partial charge in [-0.25, -0.2) is 9.59 Å². The topological polar surface area (TPSA) is 93.6 Å². The number of carbonyl (C=O) groups excluding carboxylic acids is 3. The van der Waals surface area contributed by atoms with Gasteiger partial charge in [0, 0.05) is 47.5 Å². The number of H-pyrrole nitrogens is 1. The second-order valence-corrected chi connectivity index (χ2v) is 14.9. The Labute approximate surface area is 289 Å². The predicted molar refractivity (Wildman–Crippen MR) is 188 cm³/mol. The van der Waals surface area contributed by atoms with Gasteiger partial charge in [-0.1, -0.05) is 46.9 Å². The summed E-state index contributed by atoms with van der Waals surface area (Å²) < 4.78 is 12.6. The van der Waals surface area contributed by atoms with Crippen molar-refractivity contribution in [3.8, 4) is 11.3 Å². The first kappa shape index (κ1) is 34.6. The summed E-state index contributed by atoms with van der Waals surface area (Å²) in [5, 5.41) is 1.77. The number of fused-ring (bicyclic) bond motifs is 1. The summed E-state index contributed by atoms with van der Waals surface area (Å²) in [5.41, 5.74) is 2.39. The van der Waals surface area contributed by atoms with E-state index >= 15 is 0 Å². The summed E-state index contributed by atoms with van der Waals surface area (Å²) in [7, 11) is 0. The van der Waals surface area contributed by atoms with E-state index < -0.39 is 17.2 Å². The minimum absolute atomic E-state index is 0.0309. The maximum absolute atomic E-state index is 14.6. The third kappa shape index (κ3) is 7.88. The van der Waals surface area contributed by atoms with Gasteiger partial charge in [0.2, 0.25) is 0 Å². The highest BCUT2D eigenvalue weighted by Gasteiger charge is 2.33. The van der Waals surface area contributed by atoms with E-state index in [0.29, 0.717) is 63.3 Å². The molecule has 1 N–H and O–H groups in total. The molecule has 0 atom stereocenters. The number of amides is 1. The number of hydrogen-bond acceptors (Lipinski definition) is 5. The lowest BCUT2D eigenvalue weighted by molar-refractivity contribution is -0.148. The van der Waals surface area contributed by atoms with E-state index in [1.165, 1.54) is 6.08 Å². The first-order chi connectivity index (χ1) is 22.0. The number of carbonyl (C=O) groups is 3. The first-order valence-corrected chi connectivity index (χ1v) is 16.6. The molecule has 1 fully saturated rings. The van der Waals surface area contributed by atoms with E-state index in [-0.39, 0.29) is 17.9 Å². The lowest BCUT2D eigenvalue weighted by Crippen LogP contribution is -2.41. The molecule has 5 rings (SSSR count). The average molecular weight is 699 g/mol. The van der Waals surface area contributed by atoms with Gasteiger partial charge in [0.1, 0.15) is 11.2 Å². The number of hydrogen-bond donors (Lipinski definition) is 1. The van der Waals surface area contributed by atoms with E-state index in [4.69, 9.17) is 44.3 Å². The van der Waals surface area contributed by atoms with Crippen molar-refractivity contribution in [3.63, 3.8) is 0 Å². The van der Waals surface area contributed by atoms with Crippen molar-refractivity contribution in [3.05, 3.63) is 86.6 Å². The number of benzene rings is 2. The van der Waals surface area contributed by atoms with Crippen LogP contribution in [0, 0.1) is 0 Å². The summed E-state index contributed by atoms with van der Waals surface area (Å²) in [6, 6.07) is 10.6. The van der Waals surface area contributed by atoms with Crippen LogP contribution in [-0.2, 0) is 14.3 Å². The number of aromatic nitrogens is 2. The highest BCUT2D eigenvalue weighted by molar-refractivity contribution is 6.42. The van der Waals surface area contributed by atoms with Gasteiger partial charge in [0.15, 0.2) is 0 Å². The summed E-state index contributed by atoms with van der Waals surface area (Å²) in [5.74, 6) is -0.770. The number of nitrogens with one attached hydrogen (secondary N) is 1. The van der Waals surface area contributed by atoms with E-state index in [2.05, 4.69) is 4.98 Å². The number of esters is 1. The molecule has 11 heteroatoms. The summed E-state index contributed by atoms with van der Waals surface area (Å²) in [6.45, 7) is 11.9. The Hall–Kier alpha value is -3.72. The molecule has 8 nitrogen and oxygen atoms in total. The van der Waals surface area contributed by atoms with Gasteiger partial charge in [-0.2, -0.15) is 0 Å². The fraction of sp³-hybridized carbons (Fsp3) is 0.361. The summed E-state index contributed by atoms with van der Waals surface area (Å²) >= 11 is 19.6. The Morgan fingerprint density at radius 1 is 0.915 bits per heavy atom. The highest BCUT2D eigenvalue weighted by atomic mass is 35.5. The number of nitrogens with zero attached hydrogens (tertiary/aromatic N) is 2. The number of aromatic amines is 1. The number of ether oxygens (including phenoxy) is 2. The zero-order valence-corrected chi connectivity index (χ0v) is 29.5.